The van der Waals surface area contributed by atoms with Gasteiger partial charge in [-0.05, 0) is 59.4 Å². The Morgan fingerprint density at radius 2 is 1.58 bits per heavy atom. The number of ether oxygens (including phenoxy) is 2. The van der Waals surface area contributed by atoms with E-state index in [2.05, 4.69) is 17.0 Å². The molecule has 0 amide bonds. The fraction of sp³-hybridized carbons (Fsp3) is 0.368. The van der Waals surface area contributed by atoms with E-state index < -0.39 is 0 Å². The Hall–Kier alpha value is -2.40. The number of nitrogens with zero attached hydrogens (tertiary/aromatic N) is 1. The second-order valence-electron chi connectivity index (χ2n) is 6.46. The summed E-state index contributed by atoms with van der Waals surface area (Å²) in [5.41, 5.74) is 4.73. The van der Waals surface area contributed by atoms with Gasteiger partial charge in [0.25, 0.3) is 0 Å². The molecule has 5 nitrogen and oxygen atoms in total. The lowest BCUT2D eigenvalue weighted by molar-refractivity contribution is 0.160. The molecule has 0 aromatic heterocycles. The van der Waals surface area contributed by atoms with Crippen LogP contribution in [0.4, 0.5) is 0 Å². The highest BCUT2D eigenvalue weighted by molar-refractivity contribution is 5.52. The van der Waals surface area contributed by atoms with Crippen LogP contribution >= 0.6 is 0 Å². The summed E-state index contributed by atoms with van der Waals surface area (Å²) in [6.07, 6.45) is 1.78. The van der Waals surface area contributed by atoms with E-state index in [1.54, 1.807) is 26.4 Å². The summed E-state index contributed by atoms with van der Waals surface area (Å²) in [4.78, 5) is 2.42. The van der Waals surface area contributed by atoms with E-state index in [1.165, 1.54) is 11.1 Å². The number of rotatable bonds is 2. The summed E-state index contributed by atoms with van der Waals surface area (Å²) in [6, 6.07) is 7.79. The Morgan fingerprint density at radius 3 is 2.29 bits per heavy atom. The van der Waals surface area contributed by atoms with Gasteiger partial charge >= 0.3 is 0 Å². The van der Waals surface area contributed by atoms with Crippen LogP contribution in [0.25, 0.3) is 0 Å². The van der Waals surface area contributed by atoms with Gasteiger partial charge in [0.2, 0.25) is 0 Å². The molecule has 0 radical (unpaired) electrons. The van der Waals surface area contributed by atoms with Crippen LogP contribution in [-0.2, 0) is 19.4 Å². The largest absolute Gasteiger partial charge is 0.504 e. The quantitative estimate of drug-likeness (QED) is 0.831. The third-order valence-corrected chi connectivity index (χ3v) is 5.20. The molecule has 0 bridgehead atoms. The highest BCUT2D eigenvalue weighted by Gasteiger charge is 2.33. The molecule has 1 atom stereocenters. The Balaban J connectivity index is 1.77. The van der Waals surface area contributed by atoms with Crippen LogP contribution < -0.4 is 9.47 Å². The van der Waals surface area contributed by atoms with Gasteiger partial charge in [-0.1, -0.05) is 0 Å². The second-order valence-corrected chi connectivity index (χ2v) is 6.46. The third kappa shape index (κ3) is 2.27. The van der Waals surface area contributed by atoms with Gasteiger partial charge in [-0.15, -0.1) is 0 Å². The van der Waals surface area contributed by atoms with Gasteiger partial charge in [0.05, 0.1) is 14.2 Å². The van der Waals surface area contributed by atoms with Crippen molar-refractivity contribution in [2.75, 3.05) is 20.8 Å². The lowest BCUT2D eigenvalue weighted by Crippen LogP contribution is -2.39. The van der Waals surface area contributed by atoms with Gasteiger partial charge in [0, 0.05) is 19.1 Å². The Kier molecular flexibility index (Phi) is 3.53. The van der Waals surface area contributed by atoms with E-state index in [9.17, 15) is 10.2 Å². The van der Waals surface area contributed by atoms with Crippen molar-refractivity contribution in [1.29, 1.82) is 0 Å². The standard InChI is InChI=1S/C19H21NO4/c1-23-18-8-11-3-4-20-10-13-7-17(22)16(21)6-12(13)5-15(20)14(11)9-19(18)24-2/h6-9,15,21-22H,3-5,10H2,1-2H3/t15-/m1/s1. The topological polar surface area (TPSA) is 62.2 Å². The lowest BCUT2D eigenvalue weighted by Gasteiger charge is -2.41. The maximum absolute atomic E-state index is 9.82. The van der Waals surface area contributed by atoms with Crippen molar-refractivity contribution in [1.82, 2.24) is 4.90 Å². The zero-order valence-electron chi connectivity index (χ0n) is 13.9. The first-order chi connectivity index (χ1) is 11.6. The zero-order valence-corrected chi connectivity index (χ0v) is 13.9. The first kappa shape index (κ1) is 15.1. The molecule has 24 heavy (non-hydrogen) atoms. The molecule has 2 aromatic rings. The van der Waals surface area contributed by atoms with Crippen molar-refractivity contribution in [2.45, 2.75) is 25.4 Å². The van der Waals surface area contributed by atoms with E-state index >= 15 is 0 Å². The van der Waals surface area contributed by atoms with Crippen LogP contribution in [-0.4, -0.2) is 35.9 Å². The summed E-state index contributed by atoms with van der Waals surface area (Å²) in [7, 11) is 3.31. The predicted molar refractivity (Wildman–Crippen MR) is 89.9 cm³/mol. The van der Waals surface area contributed by atoms with Crippen molar-refractivity contribution in [3.8, 4) is 23.0 Å². The summed E-state index contributed by atoms with van der Waals surface area (Å²) in [5.74, 6) is 1.42. The van der Waals surface area contributed by atoms with Crippen LogP contribution in [0, 0.1) is 0 Å². The molecular weight excluding hydrogens is 306 g/mol. The zero-order chi connectivity index (χ0) is 16.8. The summed E-state index contributed by atoms with van der Waals surface area (Å²) in [6.45, 7) is 1.75. The fourth-order valence-electron chi connectivity index (χ4n) is 3.94. The summed E-state index contributed by atoms with van der Waals surface area (Å²) < 4.78 is 10.9. The van der Waals surface area contributed by atoms with Crippen molar-refractivity contribution in [3.63, 3.8) is 0 Å². The maximum Gasteiger partial charge on any atom is 0.161 e. The second kappa shape index (κ2) is 5.60. The molecule has 2 aliphatic rings. The Bertz CT molecular complexity index is 802. The van der Waals surface area contributed by atoms with E-state index in [-0.39, 0.29) is 17.5 Å². The lowest BCUT2D eigenvalue weighted by atomic mass is 9.83. The minimum Gasteiger partial charge on any atom is -0.504 e. The molecule has 2 aliphatic heterocycles. The molecule has 2 aromatic carbocycles. The first-order valence-corrected chi connectivity index (χ1v) is 8.13. The average molecular weight is 327 g/mol. The van der Waals surface area contributed by atoms with Crippen molar-refractivity contribution < 1.29 is 19.7 Å². The number of hydrogen-bond donors (Lipinski definition) is 2. The van der Waals surface area contributed by atoms with Gasteiger partial charge in [0.15, 0.2) is 23.0 Å². The average Bonchev–Trinajstić information content (AvgIpc) is 2.60. The van der Waals surface area contributed by atoms with Crippen LogP contribution in [0.15, 0.2) is 24.3 Å². The van der Waals surface area contributed by atoms with Crippen molar-refractivity contribution >= 4 is 0 Å². The molecule has 2 N–H and O–H groups in total. The van der Waals surface area contributed by atoms with Crippen LogP contribution in [0.2, 0.25) is 0 Å². The number of benzene rings is 2. The summed E-state index contributed by atoms with van der Waals surface area (Å²) in [5, 5.41) is 19.6. The molecule has 5 heteroatoms. The smallest absolute Gasteiger partial charge is 0.161 e. The van der Waals surface area contributed by atoms with Gasteiger partial charge in [0.1, 0.15) is 0 Å². The minimum atomic E-state index is -0.0504. The molecule has 2 heterocycles. The molecule has 4 rings (SSSR count). The van der Waals surface area contributed by atoms with Crippen LogP contribution in [0.1, 0.15) is 28.3 Å². The van der Waals surface area contributed by atoms with Crippen LogP contribution in [0.5, 0.6) is 23.0 Å². The van der Waals surface area contributed by atoms with E-state index in [1.807, 2.05) is 0 Å². The van der Waals surface area contributed by atoms with E-state index in [4.69, 9.17) is 9.47 Å². The number of hydrogen-bond acceptors (Lipinski definition) is 5. The first-order valence-electron chi connectivity index (χ1n) is 8.13. The monoisotopic (exact) mass is 327 g/mol. The van der Waals surface area contributed by atoms with E-state index in [0.29, 0.717) is 0 Å². The molecule has 0 unspecified atom stereocenters. The molecular formula is C19H21NO4. The number of phenols is 2. The molecule has 126 valence electrons. The van der Waals surface area contributed by atoms with E-state index in [0.717, 1.165) is 48.6 Å². The molecule has 0 saturated carbocycles. The Labute approximate surface area is 141 Å². The molecule has 0 saturated heterocycles. The molecule has 0 spiro atoms. The van der Waals surface area contributed by atoms with Gasteiger partial charge in [-0.3, -0.25) is 4.90 Å². The minimum absolute atomic E-state index is 0.0454. The maximum atomic E-state index is 9.82. The number of fused-ring (bicyclic) bond motifs is 4. The van der Waals surface area contributed by atoms with Crippen molar-refractivity contribution in [2.24, 2.45) is 0 Å². The molecule has 0 fully saturated rings. The SMILES string of the molecule is COc1cc2c(cc1OC)[C@H]1Cc3cc(O)c(O)cc3CN1CC2. The number of phenolic OH excluding ortho intramolecular Hbond substituents is 2. The number of methoxy groups -OCH3 is 2. The normalized spacial score (nSPS) is 19.2. The molecule has 0 aliphatic carbocycles. The van der Waals surface area contributed by atoms with Gasteiger partial charge < -0.3 is 19.7 Å². The highest BCUT2D eigenvalue weighted by Crippen LogP contribution is 2.43. The fourth-order valence-corrected chi connectivity index (χ4v) is 3.94. The van der Waals surface area contributed by atoms with Crippen LogP contribution in [0.3, 0.4) is 0 Å². The predicted octanol–water partition coefficient (Wildman–Crippen LogP) is 2.77. The van der Waals surface area contributed by atoms with Gasteiger partial charge in [-0.2, -0.15) is 0 Å². The van der Waals surface area contributed by atoms with Gasteiger partial charge in [-0.25, -0.2) is 0 Å². The number of aromatic hydroxyl groups is 2. The highest BCUT2D eigenvalue weighted by atomic mass is 16.5. The summed E-state index contributed by atoms with van der Waals surface area (Å²) >= 11 is 0. The Morgan fingerprint density at radius 1 is 0.917 bits per heavy atom. The third-order valence-electron chi connectivity index (χ3n) is 5.20. The van der Waals surface area contributed by atoms with Crippen molar-refractivity contribution in [3.05, 3.63) is 46.5 Å².